The van der Waals surface area contributed by atoms with E-state index in [1.54, 1.807) is 13.0 Å². The molecule has 0 aromatic rings. The van der Waals surface area contributed by atoms with E-state index in [9.17, 15) is 9.59 Å². The monoisotopic (exact) mass is 213 g/mol. The first-order valence-corrected chi connectivity index (χ1v) is 5.02. The summed E-state index contributed by atoms with van der Waals surface area (Å²) in [5, 5.41) is 9.00. The van der Waals surface area contributed by atoms with Crippen LogP contribution in [0.3, 0.4) is 0 Å². The number of carboxylic acids is 1. The molecule has 0 heterocycles. The summed E-state index contributed by atoms with van der Waals surface area (Å²) in [6.45, 7) is 8.77. The van der Waals surface area contributed by atoms with Gasteiger partial charge in [0.25, 0.3) is 0 Å². The summed E-state index contributed by atoms with van der Waals surface area (Å²) in [5.41, 5.74) is -1.15. The molecule has 0 fully saturated rings. The number of hydrogen-bond donors (Lipinski definition) is 1. The number of rotatable bonds is 6. The van der Waals surface area contributed by atoms with Gasteiger partial charge in [-0.3, -0.25) is 4.79 Å². The summed E-state index contributed by atoms with van der Waals surface area (Å²) in [7, 11) is 0. The lowest BCUT2D eigenvalue weighted by Crippen LogP contribution is -2.52. The van der Waals surface area contributed by atoms with Crippen LogP contribution in [0.15, 0.2) is 12.7 Å². The Morgan fingerprint density at radius 1 is 1.47 bits per heavy atom. The van der Waals surface area contributed by atoms with Gasteiger partial charge in [0, 0.05) is 13.0 Å². The Hall–Kier alpha value is -1.32. The van der Waals surface area contributed by atoms with Gasteiger partial charge in [-0.05, 0) is 27.2 Å². The maximum absolute atomic E-state index is 11.7. The van der Waals surface area contributed by atoms with Crippen LogP contribution in [0.5, 0.6) is 0 Å². The predicted molar refractivity (Wildman–Crippen MR) is 58.5 cm³/mol. The van der Waals surface area contributed by atoms with Crippen molar-refractivity contribution >= 4 is 11.9 Å². The maximum Gasteiger partial charge on any atom is 0.329 e. The maximum atomic E-state index is 11.7. The van der Waals surface area contributed by atoms with E-state index in [0.29, 0.717) is 19.4 Å². The minimum atomic E-state index is -1.15. The van der Waals surface area contributed by atoms with Crippen LogP contribution in [0.2, 0.25) is 0 Å². The first-order chi connectivity index (χ1) is 6.87. The quantitative estimate of drug-likeness (QED) is 0.683. The van der Waals surface area contributed by atoms with Gasteiger partial charge in [0.1, 0.15) is 5.54 Å². The number of carbonyl (C=O) groups excluding carboxylic acids is 1. The second-order valence-electron chi connectivity index (χ2n) is 3.83. The van der Waals surface area contributed by atoms with E-state index in [0.717, 1.165) is 0 Å². The van der Waals surface area contributed by atoms with Crippen molar-refractivity contribution in [2.45, 2.75) is 39.2 Å². The zero-order valence-electron chi connectivity index (χ0n) is 9.62. The lowest BCUT2D eigenvalue weighted by Gasteiger charge is -2.34. The van der Waals surface area contributed by atoms with Gasteiger partial charge in [0.15, 0.2) is 0 Å². The Bertz CT molecular complexity index is 259. The van der Waals surface area contributed by atoms with Gasteiger partial charge >= 0.3 is 5.97 Å². The Morgan fingerprint density at radius 2 is 2.00 bits per heavy atom. The van der Waals surface area contributed by atoms with E-state index in [1.165, 1.54) is 18.7 Å². The van der Waals surface area contributed by atoms with Crippen molar-refractivity contribution in [1.82, 2.24) is 4.90 Å². The largest absolute Gasteiger partial charge is 0.480 e. The molecular formula is C11H19NO3. The number of allylic oxidation sites excluding steroid dienone is 1. The molecule has 0 saturated heterocycles. The van der Waals surface area contributed by atoms with Gasteiger partial charge in [-0.1, -0.05) is 6.08 Å². The lowest BCUT2D eigenvalue weighted by molar-refractivity contribution is -0.156. The smallest absolute Gasteiger partial charge is 0.329 e. The number of hydrogen-bond acceptors (Lipinski definition) is 2. The van der Waals surface area contributed by atoms with Crippen molar-refractivity contribution in [3.05, 3.63) is 12.7 Å². The average molecular weight is 213 g/mol. The number of carbonyl (C=O) groups is 2. The third-order valence-corrected chi connectivity index (χ3v) is 2.38. The Morgan fingerprint density at radius 3 is 2.33 bits per heavy atom. The van der Waals surface area contributed by atoms with E-state index >= 15 is 0 Å². The number of carboxylic acid groups (broad SMARTS) is 1. The molecule has 0 aliphatic heterocycles. The molecule has 0 aliphatic carbocycles. The minimum Gasteiger partial charge on any atom is -0.480 e. The van der Waals surface area contributed by atoms with E-state index < -0.39 is 11.5 Å². The fraction of sp³-hybridized carbons (Fsp3) is 0.636. The molecule has 0 aromatic heterocycles. The third-order valence-electron chi connectivity index (χ3n) is 2.38. The van der Waals surface area contributed by atoms with E-state index in [-0.39, 0.29) is 5.91 Å². The Balaban J connectivity index is 4.67. The van der Waals surface area contributed by atoms with Gasteiger partial charge in [-0.2, -0.15) is 0 Å². The van der Waals surface area contributed by atoms with Crippen molar-refractivity contribution in [1.29, 1.82) is 0 Å². The minimum absolute atomic E-state index is 0.148. The highest BCUT2D eigenvalue weighted by Crippen LogP contribution is 2.16. The predicted octanol–water partition coefficient (Wildman–Crippen LogP) is 1.66. The average Bonchev–Trinajstić information content (AvgIpc) is 2.15. The highest BCUT2D eigenvalue weighted by atomic mass is 16.4. The van der Waals surface area contributed by atoms with Crippen LogP contribution in [0, 0.1) is 0 Å². The second-order valence-corrected chi connectivity index (χ2v) is 3.83. The molecule has 0 aromatic carbocycles. The van der Waals surface area contributed by atoms with Crippen LogP contribution < -0.4 is 0 Å². The standard InChI is InChI=1S/C11H19NO3/c1-5-7-8-9(13)12(6-2)11(3,4)10(14)15/h5H,1,6-8H2,2-4H3,(H,14,15). The third kappa shape index (κ3) is 3.38. The second kappa shape index (κ2) is 5.53. The molecule has 0 spiro atoms. The SMILES string of the molecule is C=CCCC(=O)N(CC)C(C)(C)C(=O)O. The fourth-order valence-electron chi connectivity index (χ4n) is 1.36. The van der Waals surface area contributed by atoms with Crippen molar-refractivity contribution < 1.29 is 14.7 Å². The highest BCUT2D eigenvalue weighted by molar-refractivity contribution is 5.86. The van der Waals surface area contributed by atoms with Crippen molar-refractivity contribution in [3.63, 3.8) is 0 Å². The molecule has 0 atom stereocenters. The van der Waals surface area contributed by atoms with Crippen LogP contribution in [-0.2, 0) is 9.59 Å². The molecule has 0 bridgehead atoms. The van der Waals surface area contributed by atoms with Gasteiger partial charge in [0.2, 0.25) is 5.91 Å². The molecule has 0 rings (SSSR count). The topological polar surface area (TPSA) is 57.6 Å². The van der Waals surface area contributed by atoms with Crippen molar-refractivity contribution in [2.75, 3.05) is 6.54 Å². The number of aliphatic carboxylic acids is 1. The van der Waals surface area contributed by atoms with Crippen molar-refractivity contribution in [3.8, 4) is 0 Å². The van der Waals surface area contributed by atoms with Gasteiger partial charge in [-0.15, -0.1) is 6.58 Å². The van der Waals surface area contributed by atoms with Crippen LogP contribution in [0.4, 0.5) is 0 Å². The summed E-state index contributed by atoms with van der Waals surface area (Å²) in [5.74, 6) is -1.14. The number of amides is 1. The summed E-state index contributed by atoms with van der Waals surface area (Å²) in [6, 6.07) is 0. The van der Waals surface area contributed by atoms with E-state index in [2.05, 4.69) is 6.58 Å². The molecule has 4 heteroatoms. The van der Waals surface area contributed by atoms with E-state index in [1.807, 2.05) is 0 Å². The summed E-state index contributed by atoms with van der Waals surface area (Å²) >= 11 is 0. The molecule has 4 nitrogen and oxygen atoms in total. The summed E-state index contributed by atoms with van der Waals surface area (Å²) in [4.78, 5) is 24.1. The van der Waals surface area contributed by atoms with Crippen LogP contribution in [0.1, 0.15) is 33.6 Å². The fourth-order valence-corrected chi connectivity index (χ4v) is 1.36. The van der Waals surface area contributed by atoms with Gasteiger partial charge in [-0.25, -0.2) is 4.79 Å². The van der Waals surface area contributed by atoms with Crippen molar-refractivity contribution in [2.24, 2.45) is 0 Å². The van der Waals surface area contributed by atoms with Gasteiger partial charge in [0.05, 0.1) is 0 Å². The summed E-state index contributed by atoms with van der Waals surface area (Å²) in [6.07, 6.45) is 2.54. The van der Waals surface area contributed by atoms with Crippen LogP contribution >= 0.6 is 0 Å². The molecular weight excluding hydrogens is 194 g/mol. The van der Waals surface area contributed by atoms with Crippen LogP contribution in [-0.4, -0.2) is 34.0 Å². The van der Waals surface area contributed by atoms with E-state index in [4.69, 9.17) is 5.11 Å². The molecule has 15 heavy (non-hydrogen) atoms. The highest BCUT2D eigenvalue weighted by Gasteiger charge is 2.36. The molecule has 0 aliphatic rings. The first kappa shape index (κ1) is 13.7. The number of likely N-dealkylation sites (N-methyl/N-ethyl adjacent to an activating group) is 1. The number of nitrogens with zero attached hydrogens (tertiary/aromatic N) is 1. The zero-order valence-corrected chi connectivity index (χ0v) is 9.62. The molecule has 1 N–H and O–H groups in total. The van der Waals surface area contributed by atoms with Crippen LogP contribution in [0.25, 0.3) is 0 Å². The molecule has 0 radical (unpaired) electrons. The summed E-state index contributed by atoms with van der Waals surface area (Å²) < 4.78 is 0. The first-order valence-electron chi connectivity index (χ1n) is 5.02. The lowest BCUT2D eigenvalue weighted by atomic mass is 10.0. The molecule has 86 valence electrons. The normalized spacial score (nSPS) is 10.9. The Kier molecular flexibility index (Phi) is 5.05. The molecule has 1 amide bonds. The molecule has 0 unspecified atom stereocenters. The Labute approximate surface area is 90.6 Å². The zero-order chi connectivity index (χ0) is 12.1. The van der Waals surface area contributed by atoms with Gasteiger partial charge < -0.3 is 10.0 Å². The molecule has 0 saturated carbocycles.